The first kappa shape index (κ1) is 22.9. The molecule has 3 aromatic carbocycles. The van der Waals surface area contributed by atoms with E-state index in [-0.39, 0.29) is 36.4 Å². The summed E-state index contributed by atoms with van der Waals surface area (Å²) in [6, 6.07) is 19.4. The van der Waals surface area contributed by atoms with Gasteiger partial charge in [-0.3, -0.25) is 4.79 Å². The Bertz CT molecular complexity index is 1280. The van der Waals surface area contributed by atoms with Crippen LogP contribution in [0.1, 0.15) is 30.1 Å². The maximum atomic E-state index is 13.1. The van der Waals surface area contributed by atoms with Crippen LogP contribution in [0.15, 0.2) is 71.6 Å². The van der Waals surface area contributed by atoms with Gasteiger partial charge < -0.3 is 10.1 Å². The molecule has 8 heteroatoms. The van der Waals surface area contributed by atoms with Gasteiger partial charge in [0, 0.05) is 24.7 Å². The summed E-state index contributed by atoms with van der Waals surface area (Å²) in [7, 11) is -3.63. The lowest BCUT2D eigenvalue weighted by Gasteiger charge is -2.30. The van der Waals surface area contributed by atoms with E-state index in [1.165, 1.54) is 4.31 Å². The molecule has 0 bridgehead atoms. The van der Waals surface area contributed by atoms with Gasteiger partial charge in [-0.1, -0.05) is 36.4 Å². The number of hydrogen-bond donors (Lipinski definition) is 1. The number of nitrogens with one attached hydrogen (secondary N) is 1. The second-order valence-electron chi connectivity index (χ2n) is 7.98. The first-order valence-electron chi connectivity index (χ1n) is 11.0. The number of ether oxygens (including phenoxy) is 1. The third kappa shape index (κ3) is 5.07. The lowest BCUT2D eigenvalue weighted by atomic mass is 9.97. The Labute approximate surface area is 193 Å². The number of sulfonamides is 1. The molecule has 0 aliphatic carbocycles. The number of hydrogen-bond acceptors (Lipinski definition) is 5. The van der Waals surface area contributed by atoms with E-state index in [1.54, 1.807) is 43.3 Å². The number of amides is 1. The lowest BCUT2D eigenvalue weighted by molar-refractivity contribution is -0.120. The average molecular weight is 467 g/mol. The van der Waals surface area contributed by atoms with Crippen molar-refractivity contribution in [3.8, 4) is 0 Å². The summed E-state index contributed by atoms with van der Waals surface area (Å²) in [6.45, 7) is 2.55. The van der Waals surface area contributed by atoms with E-state index in [2.05, 4.69) is 5.32 Å². The lowest BCUT2D eigenvalue weighted by Crippen LogP contribution is -2.41. The number of anilines is 1. The normalized spacial score (nSPS) is 15.3. The molecule has 0 saturated carbocycles. The van der Waals surface area contributed by atoms with Gasteiger partial charge in [0.15, 0.2) is 0 Å². The molecule has 1 heterocycles. The van der Waals surface area contributed by atoms with Crippen LogP contribution in [0.25, 0.3) is 10.8 Å². The van der Waals surface area contributed by atoms with Crippen LogP contribution in [0, 0.1) is 5.92 Å². The molecule has 4 rings (SSSR count). The van der Waals surface area contributed by atoms with E-state index in [0.29, 0.717) is 24.1 Å². The van der Waals surface area contributed by atoms with Crippen molar-refractivity contribution >= 4 is 38.4 Å². The van der Waals surface area contributed by atoms with Crippen molar-refractivity contribution < 1.29 is 22.7 Å². The summed E-state index contributed by atoms with van der Waals surface area (Å²) < 4.78 is 32.7. The molecule has 33 heavy (non-hydrogen) atoms. The van der Waals surface area contributed by atoms with Crippen LogP contribution in [-0.4, -0.2) is 44.3 Å². The first-order valence-corrected chi connectivity index (χ1v) is 12.4. The van der Waals surface area contributed by atoms with Gasteiger partial charge in [-0.05, 0) is 60.9 Å². The molecule has 1 aliphatic rings. The Morgan fingerprint density at radius 2 is 1.70 bits per heavy atom. The quantitative estimate of drug-likeness (QED) is 0.553. The van der Waals surface area contributed by atoms with Crippen LogP contribution >= 0.6 is 0 Å². The topological polar surface area (TPSA) is 92.8 Å². The van der Waals surface area contributed by atoms with E-state index in [0.717, 1.165) is 10.8 Å². The minimum atomic E-state index is -3.63. The van der Waals surface area contributed by atoms with E-state index in [4.69, 9.17) is 4.74 Å². The summed E-state index contributed by atoms with van der Waals surface area (Å²) in [4.78, 5) is 24.9. The van der Waals surface area contributed by atoms with Gasteiger partial charge in [0.05, 0.1) is 17.1 Å². The van der Waals surface area contributed by atoms with Gasteiger partial charge in [0.1, 0.15) is 0 Å². The maximum absolute atomic E-state index is 13.1. The Morgan fingerprint density at radius 3 is 2.42 bits per heavy atom. The SMILES string of the molecule is CCOC(=O)c1cccc(NC(=O)C2CCN(S(=O)(=O)c3ccc4ccccc4c3)CC2)c1. The zero-order valence-corrected chi connectivity index (χ0v) is 19.2. The predicted molar refractivity (Wildman–Crippen MR) is 126 cm³/mol. The van der Waals surface area contributed by atoms with Gasteiger partial charge in [0.25, 0.3) is 0 Å². The van der Waals surface area contributed by atoms with Crippen molar-refractivity contribution in [2.45, 2.75) is 24.7 Å². The van der Waals surface area contributed by atoms with Gasteiger partial charge >= 0.3 is 5.97 Å². The van der Waals surface area contributed by atoms with Crippen molar-refractivity contribution in [1.29, 1.82) is 0 Å². The molecule has 0 spiro atoms. The van der Waals surface area contributed by atoms with Crippen molar-refractivity contribution in [3.05, 3.63) is 72.3 Å². The van der Waals surface area contributed by atoms with Gasteiger partial charge in [-0.2, -0.15) is 4.31 Å². The molecule has 1 N–H and O–H groups in total. The minimum absolute atomic E-state index is 0.182. The molecule has 1 aliphatic heterocycles. The largest absolute Gasteiger partial charge is 0.462 e. The summed E-state index contributed by atoms with van der Waals surface area (Å²) in [6.07, 6.45) is 0.854. The van der Waals surface area contributed by atoms with Crippen molar-refractivity contribution in [3.63, 3.8) is 0 Å². The van der Waals surface area contributed by atoms with E-state index >= 15 is 0 Å². The van der Waals surface area contributed by atoms with Crippen LogP contribution in [0.5, 0.6) is 0 Å². The second-order valence-corrected chi connectivity index (χ2v) is 9.92. The Morgan fingerprint density at radius 1 is 0.970 bits per heavy atom. The molecule has 0 unspecified atom stereocenters. The fourth-order valence-corrected chi connectivity index (χ4v) is 5.52. The standard InChI is InChI=1S/C25H26N2O5S/c1-2-32-25(29)21-8-5-9-22(16-21)26-24(28)19-12-14-27(15-13-19)33(30,31)23-11-10-18-6-3-4-7-20(18)17-23/h3-11,16-17,19H,2,12-15H2,1H3,(H,26,28). The van der Waals surface area contributed by atoms with E-state index in [1.807, 2.05) is 30.3 Å². The molecule has 0 aromatic heterocycles. The molecular formula is C25H26N2O5S. The summed E-state index contributed by atoms with van der Waals surface area (Å²) in [5.74, 6) is -0.932. The number of esters is 1. The first-order chi connectivity index (χ1) is 15.9. The van der Waals surface area contributed by atoms with Crippen LogP contribution in [0.2, 0.25) is 0 Å². The van der Waals surface area contributed by atoms with Crippen molar-refractivity contribution in [2.24, 2.45) is 5.92 Å². The van der Waals surface area contributed by atoms with E-state index in [9.17, 15) is 18.0 Å². The summed E-state index contributed by atoms with van der Waals surface area (Å²) >= 11 is 0. The second kappa shape index (κ2) is 9.72. The van der Waals surface area contributed by atoms with Crippen LogP contribution in [-0.2, 0) is 19.6 Å². The number of piperidine rings is 1. The average Bonchev–Trinajstić information content (AvgIpc) is 2.84. The Hall–Kier alpha value is -3.23. The molecule has 1 saturated heterocycles. The number of fused-ring (bicyclic) bond motifs is 1. The zero-order chi connectivity index (χ0) is 23.4. The number of benzene rings is 3. The maximum Gasteiger partial charge on any atom is 0.338 e. The monoisotopic (exact) mass is 466 g/mol. The highest BCUT2D eigenvalue weighted by molar-refractivity contribution is 7.89. The molecule has 1 amide bonds. The Balaban J connectivity index is 1.39. The molecule has 3 aromatic rings. The number of nitrogens with zero attached hydrogens (tertiary/aromatic N) is 1. The van der Waals surface area contributed by atoms with Crippen LogP contribution in [0.4, 0.5) is 5.69 Å². The van der Waals surface area contributed by atoms with Crippen molar-refractivity contribution in [2.75, 3.05) is 25.0 Å². The zero-order valence-electron chi connectivity index (χ0n) is 18.4. The van der Waals surface area contributed by atoms with Gasteiger partial charge in [-0.25, -0.2) is 13.2 Å². The minimum Gasteiger partial charge on any atom is -0.462 e. The number of carbonyl (C=O) groups excluding carboxylic acids is 2. The van der Waals surface area contributed by atoms with Crippen molar-refractivity contribution in [1.82, 2.24) is 4.31 Å². The number of rotatable bonds is 6. The highest BCUT2D eigenvalue weighted by Gasteiger charge is 2.32. The molecule has 7 nitrogen and oxygen atoms in total. The van der Waals surface area contributed by atoms with Gasteiger partial charge in [0.2, 0.25) is 15.9 Å². The molecular weight excluding hydrogens is 440 g/mol. The summed E-state index contributed by atoms with van der Waals surface area (Å²) in [5, 5.41) is 4.70. The van der Waals surface area contributed by atoms with Gasteiger partial charge in [-0.15, -0.1) is 0 Å². The molecule has 0 radical (unpaired) electrons. The third-order valence-corrected chi connectivity index (χ3v) is 7.72. The summed E-state index contributed by atoms with van der Waals surface area (Å²) in [5.41, 5.74) is 0.878. The smallest absolute Gasteiger partial charge is 0.338 e. The molecule has 172 valence electrons. The number of carbonyl (C=O) groups is 2. The molecule has 1 fully saturated rings. The van der Waals surface area contributed by atoms with Crippen LogP contribution < -0.4 is 5.32 Å². The third-order valence-electron chi connectivity index (χ3n) is 5.82. The predicted octanol–water partition coefficient (Wildman–Crippen LogP) is 4.06. The Kier molecular flexibility index (Phi) is 6.76. The fourth-order valence-electron chi connectivity index (χ4n) is 4.02. The fraction of sp³-hybridized carbons (Fsp3) is 0.280. The molecule has 0 atom stereocenters. The van der Waals surface area contributed by atoms with E-state index < -0.39 is 16.0 Å². The highest BCUT2D eigenvalue weighted by Crippen LogP contribution is 2.27. The highest BCUT2D eigenvalue weighted by atomic mass is 32.2. The van der Waals surface area contributed by atoms with Crippen LogP contribution in [0.3, 0.4) is 0 Å².